The maximum absolute atomic E-state index is 12.9. The summed E-state index contributed by atoms with van der Waals surface area (Å²) in [5.74, 6) is -0.154. The molecule has 0 N–H and O–H groups in total. The summed E-state index contributed by atoms with van der Waals surface area (Å²) in [4.78, 5) is 17.8. The zero-order chi connectivity index (χ0) is 13.9. The highest BCUT2D eigenvalue weighted by Gasteiger charge is 2.32. The standard InChI is InChI=1S/C14H15FN4O/c15-12-3-1-11(2-4-12)13-5-8-19(13)14(20)6-7-18-10-16-9-17-18/h1-4,9-10,13H,5-8H2/t13-/m1/s1. The van der Waals surface area contributed by atoms with Crippen LogP contribution in [0.3, 0.4) is 0 Å². The predicted molar refractivity (Wildman–Crippen MR) is 70.1 cm³/mol. The summed E-state index contributed by atoms with van der Waals surface area (Å²) in [7, 11) is 0. The molecule has 20 heavy (non-hydrogen) atoms. The molecule has 1 aromatic heterocycles. The number of halogens is 1. The summed E-state index contributed by atoms with van der Waals surface area (Å²) in [5, 5.41) is 3.97. The lowest BCUT2D eigenvalue weighted by Crippen LogP contribution is -2.45. The number of carbonyl (C=O) groups is 1. The maximum Gasteiger partial charge on any atom is 0.224 e. The van der Waals surface area contributed by atoms with Gasteiger partial charge in [-0.05, 0) is 24.1 Å². The molecule has 2 heterocycles. The topological polar surface area (TPSA) is 51.0 Å². The molecule has 3 rings (SSSR count). The molecule has 1 saturated heterocycles. The fourth-order valence-electron chi connectivity index (χ4n) is 2.42. The smallest absolute Gasteiger partial charge is 0.224 e. The van der Waals surface area contributed by atoms with E-state index in [2.05, 4.69) is 10.1 Å². The number of hydrogen-bond donors (Lipinski definition) is 0. The summed E-state index contributed by atoms with van der Waals surface area (Å²) in [6.07, 6.45) is 4.39. The van der Waals surface area contributed by atoms with E-state index >= 15 is 0 Å². The van der Waals surface area contributed by atoms with Gasteiger partial charge in [0.1, 0.15) is 18.5 Å². The van der Waals surface area contributed by atoms with E-state index in [1.165, 1.54) is 18.5 Å². The molecular weight excluding hydrogens is 259 g/mol. The normalized spacial score (nSPS) is 17.9. The number of hydrogen-bond acceptors (Lipinski definition) is 3. The molecule has 1 amide bonds. The first-order valence-corrected chi connectivity index (χ1v) is 6.61. The zero-order valence-corrected chi connectivity index (χ0v) is 10.9. The third-order valence-electron chi connectivity index (χ3n) is 3.62. The van der Waals surface area contributed by atoms with Gasteiger partial charge in [-0.1, -0.05) is 12.1 Å². The van der Waals surface area contributed by atoms with E-state index in [4.69, 9.17) is 0 Å². The van der Waals surface area contributed by atoms with E-state index in [9.17, 15) is 9.18 Å². The van der Waals surface area contributed by atoms with Crippen LogP contribution in [0.2, 0.25) is 0 Å². The average Bonchev–Trinajstić information content (AvgIpc) is 2.91. The second-order valence-electron chi connectivity index (χ2n) is 4.85. The fraction of sp³-hybridized carbons (Fsp3) is 0.357. The van der Waals surface area contributed by atoms with Crippen molar-refractivity contribution in [3.8, 4) is 0 Å². The Labute approximate surface area is 116 Å². The highest BCUT2D eigenvalue weighted by molar-refractivity contribution is 5.77. The maximum atomic E-state index is 12.9. The van der Waals surface area contributed by atoms with Crippen LogP contribution in [-0.2, 0) is 11.3 Å². The van der Waals surface area contributed by atoms with E-state index in [1.807, 2.05) is 4.90 Å². The van der Waals surface area contributed by atoms with Gasteiger partial charge < -0.3 is 4.90 Å². The molecule has 0 aliphatic carbocycles. The number of nitrogens with zero attached hydrogens (tertiary/aromatic N) is 4. The van der Waals surface area contributed by atoms with Crippen LogP contribution in [0.4, 0.5) is 4.39 Å². The molecule has 0 unspecified atom stereocenters. The second kappa shape index (κ2) is 5.40. The molecule has 0 spiro atoms. The summed E-state index contributed by atoms with van der Waals surface area (Å²) < 4.78 is 14.6. The molecule has 0 saturated carbocycles. The third-order valence-corrected chi connectivity index (χ3v) is 3.62. The molecule has 2 aromatic rings. The predicted octanol–water partition coefficient (Wildman–Crippen LogP) is 1.78. The van der Waals surface area contributed by atoms with Gasteiger partial charge in [0.25, 0.3) is 0 Å². The van der Waals surface area contributed by atoms with Gasteiger partial charge in [-0.25, -0.2) is 9.37 Å². The van der Waals surface area contributed by atoms with Crippen molar-refractivity contribution in [1.82, 2.24) is 19.7 Å². The Morgan fingerprint density at radius 2 is 2.15 bits per heavy atom. The van der Waals surface area contributed by atoms with Crippen LogP contribution in [-0.4, -0.2) is 32.1 Å². The van der Waals surface area contributed by atoms with Crippen LogP contribution < -0.4 is 0 Å². The van der Waals surface area contributed by atoms with E-state index in [-0.39, 0.29) is 17.8 Å². The Kier molecular flexibility index (Phi) is 3.45. The molecule has 1 aliphatic rings. The van der Waals surface area contributed by atoms with Gasteiger partial charge in [0.2, 0.25) is 5.91 Å². The molecule has 1 fully saturated rings. The number of amides is 1. The summed E-state index contributed by atoms with van der Waals surface area (Å²) >= 11 is 0. The van der Waals surface area contributed by atoms with Gasteiger partial charge in [-0.3, -0.25) is 9.48 Å². The molecule has 5 nitrogen and oxygen atoms in total. The first-order chi connectivity index (χ1) is 9.74. The van der Waals surface area contributed by atoms with Crippen LogP contribution in [0.15, 0.2) is 36.9 Å². The van der Waals surface area contributed by atoms with Crippen molar-refractivity contribution >= 4 is 5.91 Å². The van der Waals surface area contributed by atoms with Gasteiger partial charge >= 0.3 is 0 Å². The van der Waals surface area contributed by atoms with Crippen molar-refractivity contribution in [2.45, 2.75) is 25.4 Å². The zero-order valence-electron chi connectivity index (χ0n) is 10.9. The van der Waals surface area contributed by atoms with Crippen molar-refractivity contribution in [1.29, 1.82) is 0 Å². The molecule has 1 atom stereocenters. The van der Waals surface area contributed by atoms with Crippen LogP contribution in [0.25, 0.3) is 0 Å². The summed E-state index contributed by atoms with van der Waals surface area (Å²) in [6.45, 7) is 1.30. The molecule has 104 valence electrons. The molecular formula is C14H15FN4O. The largest absolute Gasteiger partial charge is 0.335 e. The number of benzene rings is 1. The van der Waals surface area contributed by atoms with E-state index in [0.29, 0.717) is 13.0 Å². The molecule has 0 radical (unpaired) electrons. The highest BCUT2D eigenvalue weighted by Crippen LogP contribution is 2.33. The van der Waals surface area contributed by atoms with E-state index in [0.717, 1.165) is 18.5 Å². The SMILES string of the molecule is O=C(CCn1cncn1)N1CC[C@@H]1c1ccc(F)cc1. The minimum absolute atomic E-state index is 0.0823. The lowest BCUT2D eigenvalue weighted by atomic mass is 9.94. The number of aromatic nitrogens is 3. The average molecular weight is 274 g/mol. The Balaban J connectivity index is 1.59. The monoisotopic (exact) mass is 274 g/mol. The fourth-order valence-corrected chi connectivity index (χ4v) is 2.42. The lowest BCUT2D eigenvalue weighted by molar-refractivity contribution is -0.139. The van der Waals surface area contributed by atoms with Gasteiger partial charge in [-0.15, -0.1) is 0 Å². The third kappa shape index (κ3) is 2.54. The van der Waals surface area contributed by atoms with Crippen molar-refractivity contribution in [2.24, 2.45) is 0 Å². The van der Waals surface area contributed by atoms with Crippen molar-refractivity contribution in [3.63, 3.8) is 0 Å². The van der Waals surface area contributed by atoms with Gasteiger partial charge in [0.05, 0.1) is 12.6 Å². The van der Waals surface area contributed by atoms with E-state index in [1.54, 1.807) is 23.1 Å². The first-order valence-electron chi connectivity index (χ1n) is 6.61. The highest BCUT2D eigenvalue weighted by atomic mass is 19.1. The number of aryl methyl sites for hydroxylation is 1. The van der Waals surface area contributed by atoms with Crippen LogP contribution in [0.5, 0.6) is 0 Å². The van der Waals surface area contributed by atoms with Gasteiger partial charge in [-0.2, -0.15) is 5.10 Å². The number of carbonyl (C=O) groups excluding carboxylic acids is 1. The van der Waals surface area contributed by atoms with Crippen molar-refractivity contribution in [2.75, 3.05) is 6.54 Å². The van der Waals surface area contributed by atoms with Crippen LogP contribution >= 0.6 is 0 Å². The van der Waals surface area contributed by atoms with Crippen LogP contribution in [0.1, 0.15) is 24.4 Å². The lowest BCUT2D eigenvalue weighted by Gasteiger charge is -2.41. The molecule has 0 bridgehead atoms. The number of likely N-dealkylation sites (tertiary alicyclic amines) is 1. The quantitative estimate of drug-likeness (QED) is 0.854. The summed E-state index contributed by atoms with van der Waals surface area (Å²) in [5.41, 5.74) is 0.992. The number of rotatable bonds is 4. The second-order valence-corrected chi connectivity index (χ2v) is 4.85. The Hall–Kier alpha value is -2.24. The van der Waals surface area contributed by atoms with E-state index < -0.39 is 0 Å². The van der Waals surface area contributed by atoms with Crippen molar-refractivity contribution in [3.05, 3.63) is 48.3 Å². The first kappa shape index (κ1) is 12.8. The van der Waals surface area contributed by atoms with Gasteiger partial charge in [0, 0.05) is 13.0 Å². The Morgan fingerprint density at radius 1 is 1.35 bits per heavy atom. The van der Waals surface area contributed by atoms with Crippen LogP contribution in [0, 0.1) is 5.82 Å². The minimum Gasteiger partial charge on any atom is -0.335 e. The summed E-state index contributed by atoms with van der Waals surface area (Å²) in [6, 6.07) is 6.45. The molecule has 1 aromatic carbocycles. The Morgan fingerprint density at radius 3 is 2.75 bits per heavy atom. The minimum atomic E-state index is -0.253. The Bertz CT molecular complexity index is 582. The molecule has 1 aliphatic heterocycles. The van der Waals surface area contributed by atoms with Crippen molar-refractivity contribution < 1.29 is 9.18 Å². The van der Waals surface area contributed by atoms with Gasteiger partial charge in [0.15, 0.2) is 0 Å². The molecule has 6 heteroatoms.